The molecule has 0 bridgehead atoms. The van der Waals surface area contributed by atoms with Gasteiger partial charge in [0.15, 0.2) is 5.60 Å². The van der Waals surface area contributed by atoms with Crippen molar-refractivity contribution in [3.8, 4) is 0 Å². The maximum absolute atomic E-state index is 10.5. The number of aryl methyl sites for hydroxylation is 1. The average Bonchev–Trinajstić information content (AvgIpc) is 3.52. The van der Waals surface area contributed by atoms with Gasteiger partial charge in [-0.15, -0.1) is 0 Å². The van der Waals surface area contributed by atoms with E-state index in [1.165, 1.54) is 35.1 Å². The van der Waals surface area contributed by atoms with Gasteiger partial charge in [-0.2, -0.15) is 0 Å². The third kappa shape index (κ3) is 3.94. The number of carbonyl (C=O) groups is 1. The van der Waals surface area contributed by atoms with Crippen molar-refractivity contribution in [2.45, 2.75) is 76.7 Å². The Kier molecular flexibility index (Phi) is 5.33. The molecule has 1 aliphatic heterocycles. The van der Waals surface area contributed by atoms with Crippen LogP contribution in [-0.2, 0) is 26.0 Å². The van der Waals surface area contributed by atoms with Gasteiger partial charge < -0.3 is 14.6 Å². The summed E-state index contributed by atoms with van der Waals surface area (Å²) in [4.78, 5) is 15.2. The molecule has 1 saturated heterocycles. The second-order valence-electron chi connectivity index (χ2n) is 10.4. The standard InChI is InChI=1S/C27H33NO3/c1-18-13-22-23(26(4,5)11-10-25(22,2)3)15-21(18)27(17-31-27)24-9-8-19(16-28-24)14-20(30)7-6-12-29/h8-9,12-16,30H,6-7,10-11,17H2,1-5H3/b20-14-. The average molecular weight is 420 g/mol. The lowest BCUT2D eigenvalue weighted by Gasteiger charge is -2.42. The Morgan fingerprint density at radius 1 is 1.10 bits per heavy atom. The van der Waals surface area contributed by atoms with Gasteiger partial charge in [-0.3, -0.25) is 4.98 Å². The van der Waals surface area contributed by atoms with Crippen LogP contribution < -0.4 is 0 Å². The molecule has 4 rings (SSSR count). The molecule has 1 aliphatic carbocycles. The minimum absolute atomic E-state index is 0.143. The van der Waals surface area contributed by atoms with Gasteiger partial charge in [0.05, 0.1) is 18.1 Å². The number of aliphatic hydroxyl groups excluding tert-OH is 1. The third-order valence-corrected chi connectivity index (χ3v) is 7.12. The topological polar surface area (TPSA) is 62.7 Å². The van der Waals surface area contributed by atoms with Crippen LogP contribution in [0.5, 0.6) is 0 Å². The van der Waals surface area contributed by atoms with Gasteiger partial charge in [0.25, 0.3) is 0 Å². The minimum Gasteiger partial charge on any atom is -0.512 e. The van der Waals surface area contributed by atoms with E-state index in [9.17, 15) is 9.90 Å². The van der Waals surface area contributed by atoms with Gasteiger partial charge in [-0.25, -0.2) is 0 Å². The molecule has 2 aromatic rings. The van der Waals surface area contributed by atoms with Crippen LogP contribution in [0.4, 0.5) is 0 Å². The predicted molar refractivity (Wildman–Crippen MR) is 123 cm³/mol. The highest BCUT2D eigenvalue weighted by atomic mass is 16.6. The van der Waals surface area contributed by atoms with Crippen molar-refractivity contribution in [2.75, 3.05) is 6.61 Å². The van der Waals surface area contributed by atoms with E-state index in [0.717, 1.165) is 17.5 Å². The molecule has 2 aliphatic rings. The van der Waals surface area contributed by atoms with Crippen LogP contribution in [-0.4, -0.2) is 23.0 Å². The molecule has 0 radical (unpaired) electrons. The minimum atomic E-state index is -0.488. The molecule has 1 aromatic heterocycles. The number of nitrogens with zero attached hydrogens (tertiary/aromatic N) is 1. The molecule has 2 heterocycles. The molecule has 164 valence electrons. The summed E-state index contributed by atoms with van der Waals surface area (Å²) >= 11 is 0. The first-order valence-electron chi connectivity index (χ1n) is 11.2. The summed E-state index contributed by atoms with van der Waals surface area (Å²) in [5.74, 6) is 0.189. The van der Waals surface area contributed by atoms with Crippen molar-refractivity contribution < 1.29 is 14.6 Å². The molecule has 1 unspecified atom stereocenters. The fraction of sp³-hybridized carbons (Fsp3) is 0.481. The Balaban J connectivity index is 1.70. The molecule has 4 nitrogen and oxygen atoms in total. The Labute approximate surface area is 185 Å². The number of ether oxygens (including phenoxy) is 1. The van der Waals surface area contributed by atoms with Crippen molar-refractivity contribution in [1.29, 1.82) is 0 Å². The Morgan fingerprint density at radius 3 is 2.29 bits per heavy atom. The highest BCUT2D eigenvalue weighted by Crippen LogP contribution is 2.51. The molecular formula is C27H33NO3. The SMILES string of the molecule is Cc1cc2c(cc1C1(c3ccc(/C=C(\O)CCC=O)cn3)CO1)C(C)(C)CCC2(C)C. The lowest BCUT2D eigenvalue weighted by Crippen LogP contribution is -2.34. The summed E-state index contributed by atoms with van der Waals surface area (Å²) in [6.45, 7) is 12.2. The summed E-state index contributed by atoms with van der Waals surface area (Å²) in [5.41, 5.74) is 6.90. The fourth-order valence-corrected chi connectivity index (χ4v) is 4.87. The van der Waals surface area contributed by atoms with E-state index < -0.39 is 5.60 Å². The number of hydrogen-bond acceptors (Lipinski definition) is 4. The molecule has 0 spiro atoms. The predicted octanol–water partition coefficient (Wildman–Crippen LogP) is 5.89. The Bertz CT molecular complexity index is 1030. The number of aliphatic hydroxyl groups is 1. The zero-order valence-electron chi connectivity index (χ0n) is 19.3. The van der Waals surface area contributed by atoms with Gasteiger partial charge in [0.1, 0.15) is 6.29 Å². The van der Waals surface area contributed by atoms with Gasteiger partial charge in [-0.1, -0.05) is 45.9 Å². The van der Waals surface area contributed by atoms with E-state index in [-0.39, 0.29) is 16.6 Å². The highest BCUT2D eigenvalue weighted by Gasteiger charge is 2.51. The maximum Gasteiger partial charge on any atom is 0.158 e. The molecule has 0 saturated carbocycles. The number of benzene rings is 1. The van der Waals surface area contributed by atoms with Crippen molar-refractivity contribution >= 4 is 12.4 Å². The summed E-state index contributed by atoms with van der Waals surface area (Å²) in [7, 11) is 0. The second kappa shape index (κ2) is 7.59. The lowest BCUT2D eigenvalue weighted by molar-refractivity contribution is -0.107. The zero-order valence-corrected chi connectivity index (χ0v) is 19.3. The van der Waals surface area contributed by atoms with E-state index >= 15 is 0 Å². The third-order valence-electron chi connectivity index (χ3n) is 7.12. The Hall–Kier alpha value is -2.46. The molecule has 1 aromatic carbocycles. The molecule has 1 fully saturated rings. The fourth-order valence-electron chi connectivity index (χ4n) is 4.87. The highest BCUT2D eigenvalue weighted by molar-refractivity contribution is 5.55. The molecule has 31 heavy (non-hydrogen) atoms. The number of rotatable bonds is 6. The zero-order chi connectivity index (χ0) is 22.4. The van der Waals surface area contributed by atoms with E-state index in [4.69, 9.17) is 9.72 Å². The Morgan fingerprint density at radius 2 is 1.74 bits per heavy atom. The number of pyridine rings is 1. The first-order valence-corrected chi connectivity index (χ1v) is 11.2. The van der Waals surface area contributed by atoms with Crippen LogP contribution >= 0.6 is 0 Å². The maximum atomic E-state index is 10.5. The van der Waals surface area contributed by atoms with Gasteiger partial charge in [0, 0.05) is 19.0 Å². The first-order chi connectivity index (χ1) is 14.6. The van der Waals surface area contributed by atoms with Crippen LogP contribution in [0.2, 0.25) is 0 Å². The van der Waals surface area contributed by atoms with E-state index in [0.29, 0.717) is 19.4 Å². The van der Waals surface area contributed by atoms with Gasteiger partial charge >= 0.3 is 0 Å². The summed E-state index contributed by atoms with van der Waals surface area (Å²) in [6, 6.07) is 8.68. The number of fused-ring (bicyclic) bond motifs is 1. The molecule has 1 atom stereocenters. The van der Waals surface area contributed by atoms with Crippen molar-refractivity contribution in [3.63, 3.8) is 0 Å². The molecule has 0 amide bonds. The lowest BCUT2D eigenvalue weighted by atomic mass is 9.62. The summed E-state index contributed by atoms with van der Waals surface area (Å²) in [5, 5.41) is 9.94. The number of epoxide rings is 1. The number of carbonyl (C=O) groups excluding carboxylic acids is 1. The van der Waals surface area contributed by atoms with E-state index in [1.54, 1.807) is 12.3 Å². The number of aldehydes is 1. The summed E-state index contributed by atoms with van der Waals surface area (Å²) in [6.07, 6.45) is 7.27. The van der Waals surface area contributed by atoms with Crippen molar-refractivity contribution in [3.05, 3.63) is 69.7 Å². The van der Waals surface area contributed by atoms with E-state index in [2.05, 4.69) is 46.8 Å². The van der Waals surface area contributed by atoms with Gasteiger partial charge in [-0.05, 0) is 70.6 Å². The van der Waals surface area contributed by atoms with Crippen LogP contribution in [0.3, 0.4) is 0 Å². The molecule has 1 N–H and O–H groups in total. The quantitative estimate of drug-likeness (QED) is 0.360. The molecule has 4 heteroatoms. The van der Waals surface area contributed by atoms with Crippen LogP contribution in [0.25, 0.3) is 6.08 Å². The summed E-state index contributed by atoms with van der Waals surface area (Å²) < 4.78 is 6.07. The largest absolute Gasteiger partial charge is 0.512 e. The first kappa shape index (κ1) is 21.8. The monoisotopic (exact) mass is 419 g/mol. The second-order valence-corrected chi connectivity index (χ2v) is 10.4. The molecular weight excluding hydrogens is 386 g/mol. The number of allylic oxidation sites excluding steroid dienone is 1. The van der Waals surface area contributed by atoms with Crippen LogP contribution in [0.15, 0.2) is 36.2 Å². The smallest absolute Gasteiger partial charge is 0.158 e. The van der Waals surface area contributed by atoms with Crippen LogP contribution in [0, 0.1) is 6.92 Å². The van der Waals surface area contributed by atoms with Crippen molar-refractivity contribution in [1.82, 2.24) is 4.98 Å². The van der Waals surface area contributed by atoms with Crippen molar-refractivity contribution in [2.24, 2.45) is 0 Å². The number of aromatic nitrogens is 1. The van der Waals surface area contributed by atoms with E-state index in [1.807, 2.05) is 12.1 Å². The van der Waals surface area contributed by atoms with Gasteiger partial charge in [0.2, 0.25) is 0 Å². The van der Waals surface area contributed by atoms with Crippen LogP contribution in [0.1, 0.15) is 86.9 Å². The number of hydrogen-bond donors (Lipinski definition) is 1. The normalized spacial score (nSPS) is 23.8.